The molecule has 3 aliphatic rings. The summed E-state index contributed by atoms with van der Waals surface area (Å²) in [5, 5.41) is 28.9. The number of hydrogen-bond acceptors (Lipinski definition) is 10. The van der Waals surface area contributed by atoms with E-state index in [1.165, 1.54) is 0 Å². The molecule has 3 aliphatic heterocycles. The summed E-state index contributed by atoms with van der Waals surface area (Å²) in [5.41, 5.74) is -3.07. The molecule has 4 atom stereocenters. The number of epoxide rings is 3. The molecule has 0 bridgehead atoms. The zero-order chi connectivity index (χ0) is 20.4. The molecule has 0 amide bonds. The van der Waals surface area contributed by atoms with Crippen LogP contribution in [-0.2, 0) is 47.8 Å². The van der Waals surface area contributed by atoms with Crippen molar-refractivity contribution in [3.8, 4) is 0 Å². The Balaban J connectivity index is 1.92. The predicted molar refractivity (Wildman–Crippen MR) is 81.1 cm³/mol. The lowest BCUT2D eigenvalue weighted by atomic mass is 9.88. The Morgan fingerprint density at radius 1 is 0.821 bits per heavy atom. The first-order chi connectivity index (χ1) is 13.3. The SMILES string of the molecule is O=C(O)CC(OOCC1CO1)(C(=O)O)C(OCC1CO1)(OCC1CO1)C(=O)O. The van der Waals surface area contributed by atoms with Crippen LogP contribution in [0.5, 0.6) is 0 Å². The van der Waals surface area contributed by atoms with Crippen molar-refractivity contribution in [3.63, 3.8) is 0 Å². The minimum Gasteiger partial charge on any atom is -0.481 e. The molecule has 3 N–H and O–H groups in total. The largest absolute Gasteiger partial charge is 0.481 e. The summed E-state index contributed by atoms with van der Waals surface area (Å²) >= 11 is 0. The maximum atomic E-state index is 12.2. The van der Waals surface area contributed by atoms with Gasteiger partial charge in [0.2, 0.25) is 0 Å². The number of rotatable bonds is 15. The van der Waals surface area contributed by atoms with Gasteiger partial charge in [-0.2, -0.15) is 0 Å². The second-order valence-electron chi connectivity index (χ2n) is 6.48. The fourth-order valence-corrected chi connectivity index (χ4v) is 2.36. The monoisotopic (exact) mass is 408 g/mol. The van der Waals surface area contributed by atoms with Crippen LogP contribution >= 0.6 is 0 Å². The number of aliphatic carboxylic acids is 3. The molecule has 3 rings (SSSR count). The van der Waals surface area contributed by atoms with E-state index >= 15 is 0 Å². The molecule has 0 aromatic carbocycles. The lowest BCUT2D eigenvalue weighted by Crippen LogP contribution is -2.69. The van der Waals surface area contributed by atoms with Crippen LogP contribution in [0, 0.1) is 0 Å². The van der Waals surface area contributed by atoms with Crippen molar-refractivity contribution in [2.75, 3.05) is 39.6 Å². The fraction of sp³-hybridized carbons (Fsp3) is 0.800. The second-order valence-corrected chi connectivity index (χ2v) is 6.48. The van der Waals surface area contributed by atoms with Gasteiger partial charge in [-0.3, -0.25) is 4.79 Å². The molecule has 4 unspecified atom stereocenters. The molecular formula is C15H20O13. The summed E-state index contributed by atoms with van der Waals surface area (Å²) in [5.74, 6) is -8.57. The number of carbonyl (C=O) groups is 3. The predicted octanol–water partition coefficient (Wildman–Crippen LogP) is -1.76. The maximum absolute atomic E-state index is 12.2. The first-order valence-corrected chi connectivity index (χ1v) is 8.41. The summed E-state index contributed by atoms with van der Waals surface area (Å²) in [4.78, 5) is 45.5. The third-order valence-electron chi connectivity index (χ3n) is 4.17. The van der Waals surface area contributed by atoms with Crippen molar-refractivity contribution in [1.29, 1.82) is 0 Å². The molecule has 13 heteroatoms. The van der Waals surface area contributed by atoms with E-state index in [2.05, 4.69) is 0 Å². The maximum Gasteiger partial charge on any atom is 0.368 e. The van der Waals surface area contributed by atoms with Gasteiger partial charge in [-0.1, -0.05) is 0 Å². The van der Waals surface area contributed by atoms with Gasteiger partial charge in [-0.25, -0.2) is 19.4 Å². The van der Waals surface area contributed by atoms with Gasteiger partial charge < -0.3 is 39.0 Å². The van der Waals surface area contributed by atoms with Gasteiger partial charge in [-0.15, -0.1) is 0 Å². The van der Waals surface area contributed by atoms with Gasteiger partial charge in [0.25, 0.3) is 5.60 Å². The minimum absolute atomic E-state index is 0.234. The standard InChI is InChI=1S/C15H20O13/c16-11(17)1-14(12(18)19,28-27-7-10-4-24-10)15(13(20)21,25-5-8-2-22-8)26-6-9-3-23-9/h8-10H,1-7H2,(H,16,17)(H,18,19)(H,20,21). The van der Waals surface area contributed by atoms with Gasteiger partial charge in [0.15, 0.2) is 0 Å². The van der Waals surface area contributed by atoms with Crippen molar-refractivity contribution >= 4 is 17.9 Å². The number of ether oxygens (including phenoxy) is 5. The topological polar surface area (TPSA) is 186 Å². The molecule has 0 aromatic heterocycles. The van der Waals surface area contributed by atoms with Gasteiger partial charge in [-0.05, 0) is 0 Å². The summed E-state index contributed by atoms with van der Waals surface area (Å²) in [6, 6.07) is 0. The van der Waals surface area contributed by atoms with E-state index in [1.54, 1.807) is 0 Å². The number of carboxylic acids is 3. The molecule has 3 fully saturated rings. The van der Waals surface area contributed by atoms with Gasteiger partial charge in [0.05, 0.1) is 39.5 Å². The van der Waals surface area contributed by atoms with Gasteiger partial charge >= 0.3 is 23.7 Å². The Kier molecular flexibility index (Phi) is 6.14. The van der Waals surface area contributed by atoms with Crippen molar-refractivity contribution in [3.05, 3.63) is 0 Å². The molecule has 3 saturated heterocycles. The average Bonchev–Trinajstić information content (AvgIpc) is 3.43. The second kappa shape index (κ2) is 8.24. The van der Waals surface area contributed by atoms with E-state index < -0.39 is 47.9 Å². The third kappa shape index (κ3) is 4.75. The van der Waals surface area contributed by atoms with Crippen LogP contribution in [0.2, 0.25) is 0 Å². The van der Waals surface area contributed by atoms with E-state index in [9.17, 15) is 29.7 Å². The highest BCUT2D eigenvalue weighted by Crippen LogP contribution is 2.38. The Morgan fingerprint density at radius 2 is 1.29 bits per heavy atom. The summed E-state index contributed by atoms with van der Waals surface area (Å²) in [7, 11) is 0. The molecule has 0 aromatic rings. The fourth-order valence-electron chi connectivity index (χ4n) is 2.36. The van der Waals surface area contributed by atoms with Crippen LogP contribution in [0.25, 0.3) is 0 Å². The molecule has 0 aliphatic carbocycles. The van der Waals surface area contributed by atoms with Crippen LogP contribution in [0.1, 0.15) is 6.42 Å². The summed E-state index contributed by atoms with van der Waals surface area (Å²) < 4.78 is 25.4. The van der Waals surface area contributed by atoms with Crippen LogP contribution in [-0.4, -0.2) is 103 Å². The Hall–Kier alpha value is -1.87. The molecule has 158 valence electrons. The van der Waals surface area contributed by atoms with E-state index in [4.69, 9.17) is 33.5 Å². The molecule has 28 heavy (non-hydrogen) atoms. The van der Waals surface area contributed by atoms with Crippen LogP contribution in [0.4, 0.5) is 0 Å². The molecule has 0 radical (unpaired) electrons. The Labute approximate surface area is 157 Å². The molecule has 3 heterocycles. The first kappa shape index (κ1) is 20.9. The van der Waals surface area contributed by atoms with Crippen LogP contribution in [0.3, 0.4) is 0 Å². The minimum atomic E-state index is -3.07. The Bertz CT molecular complexity index is 593. The Morgan fingerprint density at radius 3 is 1.64 bits per heavy atom. The molecule has 0 spiro atoms. The molecule has 0 saturated carbocycles. The van der Waals surface area contributed by atoms with Crippen LogP contribution in [0.15, 0.2) is 0 Å². The van der Waals surface area contributed by atoms with Crippen LogP contribution < -0.4 is 0 Å². The zero-order valence-electron chi connectivity index (χ0n) is 14.6. The van der Waals surface area contributed by atoms with Gasteiger partial charge in [0.1, 0.15) is 24.9 Å². The molecular weight excluding hydrogens is 388 g/mol. The third-order valence-corrected chi connectivity index (χ3v) is 4.17. The molecule has 13 nitrogen and oxygen atoms in total. The smallest absolute Gasteiger partial charge is 0.368 e. The summed E-state index contributed by atoms with van der Waals surface area (Å²) in [6.45, 7) is -0.0595. The lowest BCUT2D eigenvalue weighted by Gasteiger charge is -2.41. The van der Waals surface area contributed by atoms with E-state index in [0.29, 0.717) is 6.61 Å². The quantitative estimate of drug-likeness (QED) is 0.120. The van der Waals surface area contributed by atoms with E-state index in [-0.39, 0.29) is 39.1 Å². The van der Waals surface area contributed by atoms with Gasteiger partial charge in [0, 0.05) is 0 Å². The number of carboxylic acid groups (broad SMARTS) is 3. The van der Waals surface area contributed by atoms with Crippen molar-refractivity contribution in [1.82, 2.24) is 0 Å². The average molecular weight is 408 g/mol. The van der Waals surface area contributed by atoms with E-state index in [1.807, 2.05) is 0 Å². The highest BCUT2D eigenvalue weighted by molar-refractivity contribution is 5.93. The first-order valence-electron chi connectivity index (χ1n) is 8.41. The van der Waals surface area contributed by atoms with E-state index in [0.717, 1.165) is 0 Å². The highest BCUT2D eigenvalue weighted by atomic mass is 17.2. The van der Waals surface area contributed by atoms with Crippen molar-refractivity contribution in [2.45, 2.75) is 36.1 Å². The lowest BCUT2D eigenvalue weighted by molar-refractivity contribution is -0.420. The highest BCUT2D eigenvalue weighted by Gasteiger charge is 2.69. The zero-order valence-corrected chi connectivity index (χ0v) is 14.6. The normalized spacial score (nSPS) is 29.4. The number of hydrogen-bond donors (Lipinski definition) is 3. The summed E-state index contributed by atoms with van der Waals surface area (Å²) in [6.07, 6.45) is -2.64. The van der Waals surface area contributed by atoms with Crippen molar-refractivity contribution < 1.29 is 63.2 Å². The van der Waals surface area contributed by atoms with Crippen molar-refractivity contribution in [2.24, 2.45) is 0 Å².